The van der Waals surface area contributed by atoms with Gasteiger partial charge >= 0.3 is 12.6 Å². The summed E-state index contributed by atoms with van der Waals surface area (Å²) in [6.45, 7) is -3.74. The molecule has 1 amide bonds. The van der Waals surface area contributed by atoms with E-state index in [1.165, 1.54) is 25.3 Å². The number of esters is 1. The molecule has 2 rings (SSSR count). The Morgan fingerprint density at radius 3 is 2.58 bits per heavy atom. The fourth-order valence-corrected chi connectivity index (χ4v) is 2.56. The van der Waals surface area contributed by atoms with Gasteiger partial charge in [0.1, 0.15) is 5.56 Å². The van der Waals surface area contributed by atoms with Crippen LogP contribution in [0.2, 0.25) is 0 Å². The van der Waals surface area contributed by atoms with Crippen molar-refractivity contribution in [1.82, 2.24) is 0 Å². The normalized spacial score (nSPS) is 10.3. The SMILES string of the molecule is COc1cccc(C(=O)OCC(=O)Nc2cccc(I)c2)c1OC(F)F. The summed E-state index contributed by atoms with van der Waals surface area (Å²) >= 11 is 2.09. The van der Waals surface area contributed by atoms with Crippen LogP contribution in [0.3, 0.4) is 0 Å². The standard InChI is InChI=1S/C17H14F2INO5/c1-24-13-7-3-6-12(15(13)26-17(18)19)16(23)25-9-14(22)21-11-5-2-4-10(20)8-11/h2-8,17H,9H2,1H3,(H,21,22). The molecular formula is C17H14F2INO5. The average Bonchev–Trinajstić information content (AvgIpc) is 2.59. The quantitative estimate of drug-likeness (QED) is 0.487. The van der Waals surface area contributed by atoms with E-state index in [1.54, 1.807) is 18.2 Å². The number of methoxy groups -OCH3 is 1. The molecule has 0 aliphatic carbocycles. The summed E-state index contributed by atoms with van der Waals surface area (Å²) in [5.74, 6) is -2.06. The van der Waals surface area contributed by atoms with E-state index < -0.39 is 30.8 Å². The average molecular weight is 477 g/mol. The summed E-state index contributed by atoms with van der Waals surface area (Å²) in [4.78, 5) is 24.0. The molecule has 0 bridgehead atoms. The van der Waals surface area contributed by atoms with Crippen molar-refractivity contribution in [2.75, 3.05) is 19.0 Å². The van der Waals surface area contributed by atoms with Crippen LogP contribution in [-0.2, 0) is 9.53 Å². The van der Waals surface area contributed by atoms with Crippen LogP contribution in [0.4, 0.5) is 14.5 Å². The van der Waals surface area contributed by atoms with Crippen LogP contribution < -0.4 is 14.8 Å². The maximum Gasteiger partial charge on any atom is 0.387 e. The molecule has 0 saturated carbocycles. The summed E-state index contributed by atoms with van der Waals surface area (Å²) in [6.07, 6.45) is 0. The van der Waals surface area contributed by atoms with Crippen LogP contribution in [-0.4, -0.2) is 32.2 Å². The lowest BCUT2D eigenvalue weighted by atomic mass is 10.2. The van der Waals surface area contributed by atoms with E-state index in [9.17, 15) is 18.4 Å². The fraction of sp³-hybridized carbons (Fsp3) is 0.176. The Labute approximate surface area is 161 Å². The molecule has 0 aromatic heterocycles. The molecule has 0 saturated heterocycles. The lowest BCUT2D eigenvalue weighted by Crippen LogP contribution is -2.21. The van der Waals surface area contributed by atoms with Gasteiger partial charge in [0.25, 0.3) is 5.91 Å². The van der Waals surface area contributed by atoms with Crippen molar-refractivity contribution in [3.05, 3.63) is 51.6 Å². The Hall–Kier alpha value is -2.43. The lowest BCUT2D eigenvalue weighted by Gasteiger charge is -2.13. The van der Waals surface area contributed by atoms with E-state index in [0.29, 0.717) is 5.69 Å². The Balaban J connectivity index is 2.04. The van der Waals surface area contributed by atoms with E-state index in [2.05, 4.69) is 32.6 Å². The molecule has 6 nitrogen and oxygen atoms in total. The zero-order valence-electron chi connectivity index (χ0n) is 13.5. The highest BCUT2D eigenvalue weighted by atomic mass is 127. The number of rotatable bonds is 7. The van der Waals surface area contributed by atoms with Crippen LogP contribution in [0.5, 0.6) is 11.5 Å². The van der Waals surface area contributed by atoms with Gasteiger partial charge in [-0.2, -0.15) is 8.78 Å². The lowest BCUT2D eigenvalue weighted by molar-refractivity contribution is -0.119. The van der Waals surface area contributed by atoms with Crippen molar-refractivity contribution >= 4 is 40.2 Å². The number of carbonyl (C=O) groups is 2. The number of para-hydroxylation sites is 1. The van der Waals surface area contributed by atoms with Crippen molar-refractivity contribution in [2.45, 2.75) is 6.61 Å². The van der Waals surface area contributed by atoms with E-state index in [0.717, 1.165) is 3.57 Å². The smallest absolute Gasteiger partial charge is 0.387 e. The van der Waals surface area contributed by atoms with Crippen molar-refractivity contribution in [1.29, 1.82) is 0 Å². The Morgan fingerprint density at radius 2 is 1.92 bits per heavy atom. The van der Waals surface area contributed by atoms with Gasteiger partial charge in [0.2, 0.25) is 0 Å². The summed E-state index contributed by atoms with van der Waals surface area (Å²) in [5.41, 5.74) is 0.271. The van der Waals surface area contributed by atoms with Crippen LogP contribution in [0.1, 0.15) is 10.4 Å². The van der Waals surface area contributed by atoms with Crippen LogP contribution in [0.15, 0.2) is 42.5 Å². The van der Waals surface area contributed by atoms with Gasteiger partial charge in [-0.1, -0.05) is 12.1 Å². The third-order valence-corrected chi connectivity index (χ3v) is 3.74. The molecule has 0 unspecified atom stereocenters. The molecule has 26 heavy (non-hydrogen) atoms. The molecule has 138 valence electrons. The van der Waals surface area contributed by atoms with Gasteiger partial charge in [-0.15, -0.1) is 0 Å². The molecule has 9 heteroatoms. The number of hydrogen-bond donors (Lipinski definition) is 1. The second kappa shape index (κ2) is 9.32. The molecule has 2 aromatic rings. The summed E-state index contributed by atoms with van der Waals surface area (Å²) in [5, 5.41) is 2.56. The van der Waals surface area contributed by atoms with E-state index in [1.807, 2.05) is 6.07 Å². The number of anilines is 1. The summed E-state index contributed by atoms with van der Waals surface area (Å²) in [6, 6.07) is 11.0. The van der Waals surface area contributed by atoms with Gasteiger partial charge < -0.3 is 19.5 Å². The van der Waals surface area contributed by atoms with Crippen LogP contribution in [0.25, 0.3) is 0 Å². The highest BCUT2D eigenvalue weighted by Gasteiger charge is 2.22. The molecule has 0 fully saturated rings. The van der Waals surface area contributed by atoms with Crippen molar-refractivity contribution in [3.8, 4) is 11.5 Å². The first kappa shape index (κ1) is 19.9. The molecule has 0 radical (unpaired) electrons. The van der Waals surface area contributed by atoms with Gasteiger partial charge in [-0.3, -0.25) is 4.79 Å². The summed E-state index contributed by atoms with van der Waals surface area (Å²) < 4.78 is 40.2. The highest BCUT2D eigenvalue weighted by Crippen LogP contribution is 2.32. The second-order valence-electron chi connectivity index (χ2n) is 4.85. The molecule has 0 aliphatic heterocycles. The summed E-state index contributed by atoms with van der Waals surface area (Å²) in [7, 11) is 1.25. The van der Waals surface area contributed by atoms with Gasteiger partial charge in [0.05, 0.1) is 7.11 Å². The zero-order valence-corrected chi connectivity index (χ0v) is 15.7. The van der Waals surface area contributed by atoms with Crippen molar-refractivity contribution in [2.24, 2.45) is 0 Å². The third kappa shape index (κ3) is 5.55. The van der Waals surface area contributed by atoms with Gasteiger partial charge in [-0.25, -0.2) is 4.79 Å². The molecular weight excluding hydrogens is 463 g/mol. The fourth-order valence-electron chi connectivity index (χ4n) is 2.02. The molecule has 2 aromatic carbocycles. The predicted octanol–water partition coefficient (Wildman–Crippen LogP) is 3.70. The topological polar surface area (TPSA) is 73.9 Å². The van der Waals surface area contributed by atoms with E-state index in [4.69, 9.17) is 9.47 Å². The first-order chi connectivity index (χ1) is 12.4. The third-order valence-electron chi connectivity index (χ3n) is 3.07. The Morgan fingerprint density at radius 1 is 1.19 bits per heavy atom. The number of hydrogen-bond acceptors (Lipinski definition) is 5. The number of alkyl halides is 2. The van der Waals surface area contributed by atoms with Crippen molar-refractivity contribution in [3.63, 3.8) is 0 Å². The number of nitrogens with one attached hydrogen (secondary N) is 1. The molecule has 0 atom stereocenters. The largest absolute Gasteiger partial charge is 0.493 e. The molecule has 1 N–H and O–H groups in total. The zero-order chi connectivity index (χ0) is 19.1. The van der Waals surface area contributed by atoms with Gasteiger partial charge in [0, 0.05) is 9.26 Å². The van der Waals surface area contributed by atoms with Crippen molar-refractivity contribution < 1.29 is 32.6 Å². The first-order valence-corrected chi connectivity index (χ1v) is 8.33. The van der Waals surface area contributed by atoms with Gasteiger partial charge in [-0.05, 0) is 52.9 Å². The molecule has 0 aliphatic rings. The molecule has 0 heterocycles. The number of carbonyl (C=O) groups excluding carboxylic acids is 2. The Kier molecular flexibility index (Phi) is 7.13. The van der Waals surface area contributed by atoms with Crippen LogP contribution in [0, 0.1) is 3.57 Å². The number of halogens is 3. The van der Waals surface area contributed by atoms with Crippen LogP contribution >= 0.6 is 22.6 Å². The monoisotopic (exact) mass is 477 g/mol. The highest BCUT2D eigenvalue weighted by molar-refractivity contribution is 14.1. The number of ether oxygens (including phenoxy) is 3. The van der Waals surface area contributed by atoms with E-state index in [-0.39, 0.29) is 11.3 Å². The minimum absolute atomic E-state index is 0.0527. The Bertz CT molecular complexity index is 800. The second-order valence-corrected chi connectivity index (χ2v) is 6.10. The number of benzene rings is 2. The van der Waals surface area contributed by atoms with Gasteiger partial charge in [0.15, 0.2) is 18.1 Å². The maximum absolute atomic E-state index is 12.6. The number of amides is 1. The maximum atomic E-state index is 12.6. The minimum atomic E-state index is -3.15. The predicted molar refractivity (Wildman–Crippen MR) is 97.7 cm³/mol. The minimum Gasteiger partial charge on any atom is -0.493 e. The van der Waals surface area contributed by atoms with E-state index >= 15 is 0 Å². The molecule has 0 spiro atoms. The first-order valence-electron chi connectivity index (χ1n) is 7.25.